The number of aromatic nitrogens is 4. The van der Waals surface area contributed by atoms with Gasteiger partial charge in [0.1, 0.15) is 71.0 Å². The van der Waals surface area contributed by atoms with Gasteiger partial charge >= 0.3 is 19.2 Å². The van der Waals surface area contributed by atoms with Crippen LogP contribution in [0.5, 0.6) is 23.0 Å². The molecule has 0 aliphatic carbocycles. The molecule has 8 aromatic rings. The first-order valence-corrected chi connectivity index (χ1v) is 28.3. The van der Waals surface area contributed by atoms with E-state index in [0.29, 0.717) is 56.4 Å². The Morgan fingerprint density at radius 1 is 0.624 bits per heavy atom. The Morgan fingerprint density at radius 2 is 1.09 bits per heavy atom. The van der Waals surface area contributed by atoms with Crippen molar-refractivity contribution in [1.29, 1.82) is 0 Å². The summed E-state index contributed by atoms with van der Waals surface area (Å²) in [6.45, 7) is 0.300. The van der Waals surface area contributed by atoms with Gasteiger partial charge in [0.15, 0.2) is 0 Å². The zero-order chi connectivity index (χ0) is 59.9. The van der Waals surface area contributed by atoms with Crippen LogP contribution in [0.4, 0.5) is 0 Å². The van der Waals surface area contributed by atoms with Gasteiger partial charge in [0.05, 0.1) is 47.8 Å². The van der Waals surface area contributed by atoms with Gasteiger partial charge in [-0.05, 0) is 94.4 Å². The van der Waals surface area contributed by atoms with E-state index in [-0.39, 0.29) is 12.0 Å². The van der Waals surface area contributed by atoms with Gasteiger partial charge in [-0.1, -0.05) is 114 Å². The van der Waals surface area contributed by atoms with Crippen LogP contribution in [0.3, 0.4) is 0 Å². The first-order valence-electron chi connectivity index (χ1n) is 26.8. The SMILES string of the molecule is COc1ccc(C(OC[C@H]2O[C@@H](n3ccc(=O)[nH]c3=O)[C@H](N=[N+]=[N-])[C@@H]2OP(=O)(O)OC[C@H]2O[C@@H](n3cc(C)c(=O)[nH]c3=O)C[C@@H]2OC(c2ccccc2)(c2ccc(OC)cc2)c2ccc(OC)cc2)(c2ccccc2)c2ccc(OC)cc2)cc1. The molecule has 10 rings (SSSR count). The van der Waals surface area contributed by atoms with E-state index in [9.17, 15) is 34.2 Å². The number of methoxy groups -OCH3 is 4. The van der Waals surface area contributed by atoms with Crippen LogP contribution in [0.15, 0.2) is 200 Å². The average Bonchev–Trinajstić information content (AvgIpc) is 1.79. The van der Waals surface area contributed by atoms with Gasteiger partial charge in [-0.3, -0.25) is 37.7 Å². The molecule has 1 unspecified atom stereocenters. The minimum Gasteiger partial charge on any atom is -0.497 e. The molecule has 440 valence electrons. The Balaban J connectivity index is 1.04. The number of phosphoric acid groups is 1. The van der Waals surface area contributed by atoms with Crippen molar-refractivity contribution in [2.75, 3.05) is 41.7 Å². The fourth-order valence-electron chi connectivity index (χ4n) is 10.9. The molecule has 0 saturated carbocycles. The lowest BCUT2D eigenvalue weighted by molar-refractivity contribution is -0.104. The minimum atomic E-state index is -5.44. The molecule has 24 heteroatoms. The summed E-state index contributed by atoms with van der Waals surface area (Å²) in [7, 11) is 0.727. The van der Waals surface area contributed by atoms with Crippen LogP contribution in [-0.4, -0.2) is 96.1 Å². The Morgan fingerprint density at radius 3 is 1.58 bits per heavy atom. The van der Waals surface area contributed by atoms with Crippen LogP contribution >= 0.6 is 7.82 Å². The maximum absolute atomic E-state index is 15.0. The number of H-pyrrole nitrogens is 2. The second-order valence-corrected chi connectivity index (χ2v) is 21.3. The smallest absolute Gasteiger partial charge is 0.472 e. The molecule has 3 N–H and O–H groups in total. The lowest BCUT2D eigenvalue weighted by atomic mass is 9.79. The van der Waals surface area contributed by atoms with E-state index in [2.05, 4.69) is 20.0 Å². The molecule has 0 amide bonds. The van der Waals surface area contributed by atoms with Crippen molar-refractivity contribution in [1.82, 2.24) is 19.1 Å². The lowest BCUT2D eigenvalue weighted by Gasteiger charge is -2.39. The van der Waals surface area contributed by atoms with Crippen LogP contribution in [0.2, 0.25) is 0 Å². The number of ether oxygens (including phenoxy) is 8. The van der Waals surface area contributed by atoms with Gasteiger partial charge in [0, 0.05) is 35.4 Å². The zero-order valence-electron chi connectivity index (χ0n) is 46.7. The molecule has 8 atom stereocenters. The molecule has 2 saturated heterocycles. The first-order chi connectivity index (χ1) is 41.1. The first kappa shape index (κ1) is 59.3. The second-order valence-electron chi connectivity index (χ2n) is 19.9. The van der Waals surface area contributed by atoms with E-state index in [1.54, 1.807) is 62.8 Å². The summed E-state index contributed by atoms with van der Waals surface area (Å²) in [5.74, 6) is 2.24. The van der Waals surface area contributed by atoms with Crippen molar-refractivity contribution < 1.29 is 56.4 Å². The van der Waals surface area contributed by atoms with E-state index in [1.807, 2.05) is 109 Å². The van der Waals surface area contributed by atoms with Crippen molar-refractivity contribution in [2.45, 2.75) is 67.5 Å². The van der Waals surface area contributed by atoms with Gasteiger partial charge < -0.3 is 42.8 Å². The van der Waals surface area contributed by atoms with E-state index in [4.69, 9.17) is 46.9 Å². The molecule has 0 radical (unpaired) electrons. The molecule has 2 aliphatic rings. The van der Waals surface area contributed by atoms with Crippen molar-refractivity contribution in [3.05, 3.63) is 267 Å². The highest BCUT2D eigenvalue weighted by molar-refractivity contribution is 7.47. The van der Waals surface area contributed by atoms with Crippen LogP contribution < -0.4 is 41.4 Å². The maximum Gasteiger partial charge on any atom is 0.472 e. The van der Waals surface area contributed by atoms with E-state index in [1.165, 1.54) is 31.9 Å². The van der Waals surface area contributed by atoms with Gasteiger partial charge in [-0.2, -0.15) is 0 Å². The summed E-state index contributed by atoms with van der Waals surface area (Å²) in [5, 5.41) is 3.97. The predicted molar refractivity (Wildman–Crippen MR) is 309 cm³/mol. The monoisotopic (exact) mass is 1180 g/mol. The van der Waals surface area contributed by atoms with Gasteiger partial charge in [0.2, 0.25) is 0 Å². The molecule has 6 aromatic carbocycles. The molecule has 0 spiro atoms. The summed E-state index contributed by atoms with van der Waals surface area (Å²) in [6, 6.07) is 46.8. The molecular weight excluding hydrogens is 1120 g/mol. The van der Waals surface area contributed by atoms with E-state index < -0.39 is 97.7 Å². The fourth-order valence-corrected chi connectivity index (χ4v) is 11.8. The summed E-state index contributed by atoms with van der Waals surface area (Å²) < 4.78 is 79.1. The number of hydrogen-bond donors (Lipinski definition) is 3. The highest BCUT2D eigenvalue weighted by atomic mass is 31.2. The number of aryl methyl sites for hydroxylation is 1. The van der Waals surface area contributed by atoms with Crippen molar-refractivity contribution in [3.8, 4) is 23.0 Å². The minimum absolute atomic E-state index is 0.0765. The highest BCUT2D eigenvalue weighted by Gasteiger charge is 2.53. The summed E-state index contributed by atoms with van der Waals surface area (Å²) in [6.07, 6.45) is -5.88. The molecule has 0 bridgehead atoms. The third-order valence-corrected chi connectivity index (χ3v) is 16.0. The van der Waals surface area contributed by atoms with Crippen LogP contribution in [0.25, 0.3) is 10.4 Å². The van der Waals surface area contributed by atoms with Gasteiger partial charge in [0.25, 0.3) is 11.1 Å². The molecule has 2 fully saturated rings. The second kappa shape index (κ2) is 25.6. The number of nitrogens with zero attached hydrogens (tertiary/aromatic N) is 5. The third kappa shape index (κ3) is 12.3. The largest absolute Gasteiger partial charge is 0.497 e. The van der Waals surface area contributed by atoms with Gasteiger partial charge in [-0.25, -0.2) is 14.2 Å². The van der Waals surface area contributed by atoms with Crippen LogP contribution in [0.1, 0.15) is 57.8 Å². The molecule has 2 aliphatic heterocycles. The highest BCUT2D eigenvalue weighted by Crippen LogP contribution is 2.52. The summed E-state index contributed by atoms with van der Waals surface area (Å²) in [4.78, 5) is 71.8. The molecule has 4 heterocycles. The fraction of sp³-hybridized carbons (Fsp3) is 0.279. The number of azide groups is 1. The molecule has 23 nitrogen and oxygen atoms in total. The topological polar surface area (TPSA) is 288 Å². The quantitative estimate of drug-likeness (QED) is 0.0179. The number of phosphoric ester groups is 1. The van der Waals surface area contributed by atoms with Crippen molar-refractivity contribution in [2.24, 2.45) is 5.11 Å². The Hall–Kier alpha value is -8.86. The van der Waals surface area contributed by atoms with Crippen LogP contribution in [0, 0.1) is 6.92 Å². The van der Waals surface area contributed by atoms with E-state index in [0.717, 1.165) is 16.8 Å². The number of rotatable bonds is 23. The normalized spacial score (nSPS) is 20.2. The lowest BCUT2D eigenvalue weighted by Crippen LogP contribution is -2.41. The zero-order valence-corrected chi connectivity index (χ0v) is 47.6. The number of nitrogens with one attached hydrogen (secondary N) is 2. The maximum atomic E-state index is 15.0. The number of hydrogen-bond acceptors (Lipinski definition) is 16. The Kier molecular flexibility index (Phi) is 17.8. The number of aromatic amines is 2. The summed E-state index contributed by atoms with van der Waals surface area (Å²) >= 11 is 0. The predicted octanol–water partition coefficient (Wildman–Crippen LogP) is 8.18. The number of benzene rings is 6. The standard InChI is InChI=1S/C61H60N7O16P/c1-38-35-68(59(72)64-56(38)70)53-34-49(83-61(40-14-10-7-11-15-40,43-20-28-47(77-4)29-21-43)44-22-30-48(78-5)31-23-44)50(81-53)37-80-85(73,74)84-55-51(82-57(54(55)65-66-62)67-33-32-52(69)63-58(67)71)36-79-60(39-12-8-6-9-13-39,41-16-24-45(75-2)25-17-41)42-18-26-46(76-3)27-19-42/h6-33,35,49-51,53-55,57H,34,36-37H2,1-5H3,(H,73,74)(H,63,69,71)(H,64,70,72)/t49-,50+,51+,53+,54+,55+,57+/m0/s1. The van der Waals surface area contributed by atoms with Gasteiger partial charge in [-0.15, -0.1) is 0 Å². The third-order valence-electron chi connectivity index (χ3n) is 15.1. The van der Waals surface area contributed by atoms with Crippen LogP contribution in [-0.2, 0) is 43.8 Å². The average molecular weight is 1180 g/mol. The molecule has 2 aromatic heterocycles. The molecular formula is C61H60N7O16P. The van der Waals surface area contributed by atoms with E-state index >= 15 is 0 Å². The van der Waals surface area contributed by atoms with Crippen molar-refractivity contribution in [3.63, 3.8) is 0 Å². The Labute approximate surface area is 486 Å². The summed E-state index contributed by atoms with van der Waals surface area (Å²) in [5.41, 5.74) is 8.06. The Bertz CT molecular complexity index is 3840. The molecule has 85 heavy (non-hydrogen) atoms. The van der Waals surface area contributed by atoms with Crippen molar-refractivity contribution >= 4 is 7.82 Å².